The molecule has 6 rings (SSSR count). The largest absolute Gasteiger partial charge is 0.377 e. The Morgan fingerprint density at radius 3 is 2.71 bits per heavy atom. The molecule has 198 valence electrons. The van der Waals surface area contributed by atoms with E-state index in [0.717, 1.165) is 16.5 Å². The number of benzene rings is 1. The van der Waals surface area contributed by atoms with Crippen LogP contribution in [0.3, 0.4) is 0 Å². The van der Waals surface area contributed by atoms with Gasteiger partial charge in [0.25, 0.3) is 5.56 Å². The maximum absolute atomic E-state index is 14.9. The number of rotatable bonds is 4. The van der Waals surface area contributed by atoms with Crippen molar-refractivity contribution in [3.8, 4) is 11.4 Å². The van der Waals surface area contributed by atoms with Crippen molar-refractivity contribution in [2.45, 2.75) is 77.5 Å². The van der Waals surface area contributed by atoms with E-state index in [1.165, 1.54) is 6.07 Å². The number of amides is 1. The van der Waals surface area contributed by atoms with Gasteiger partial charge >= 0.3 is 0 Å². The van der Waals surface area contributed by atoms with Crippen LogP contribution in [-0.4, -0.2) is 26.3 Å². The second-order valence-electron chi connectivity index (χ2n) is 11.1. The first-order chi connectivity index (χ1) is 18.0. The molecular weight excluding hydrogens is 509 g/mol. The Morgan fingerprint density at radius 2 is 2.00 bits per heavy atom. The Morgan fingerprint density at radius 1 is 1.24 bits per heavy atom. The highest BCUT2D eigenvalue weighted by molar-refractivity contribution is 6.32. The summed E-state index contributed by atoms with van der Waals surface area (Å²) in [5.41, 5.74) is 2.44. The number of fused-ring (bicyclic) bond motifs is 5. The summed E-state index contributed by atoms with van der Waals surface area (Å²) in [6, 6.07) is 2.66. The van der Waals surface area contributed by atoms with Crippen LogP contribution < -0.4 is 10.9 Å². The van der Waals surface area contributed by atoms with Crippen LogP contribution in [0.1, 0.15) is 80.3 Å². The van der Waals surface area contributed by atoms with Gasteiger partial charge in [-0.25, -0.2) is 9.37 Å². The van der Waals surface area contributed by atoms with Gasteiger partial charge in [-0.2, -0.15) is 0 Å². The fraction of sp³-hybridized carbons (Fsp3) is 0.448. The van der Waals surface area contributed by atoms with E-state index >= 15 is 0 Å². The summed E-state index contributed by atoms with van der Waals surface area (Å²) in [6.07, 6.45) is 1.93. The molecular formula is C29H29ClFN3O4. The molecule has 2 N–H and O–H groups in total. The number of pyridine rings is 2. The summed E-state index contributed by atoms with van der Waals surface area (Å²) in [5.74, 6) is -0.755. The molecule has 0 saturated carbocycles. The average Bonchev–Trinajstić information content (AvgIpc) is 3.24. The Hall–Kier alpha value is -3.10. The first-order valence-corrected chi connectivity index (χ1v) is 13.6. The molecule has 7 nitrogen and oxygen atoms in total. The molecule has 0 radical (unpaired) electrons. The van der Waals surface area contributed by atoms with Gasteiger partial charge in [-0.05, 0) is 48.8 Å². The normalized spacial score (nSPS) is 21.4. The fourth-order valence-corrected chi connectivity index (χ4v) is 6.75. The minimum Gasteiger partial charge on any atom is -0.377 e. The highest BCUT2D eigenvalue weighted by atomic mass is 35.5. The standard InChI is InChI=1S/C29H29ClFN3O4/c1-4-29(38)17-10-21-27-16(12-34(21)28(37)14(17)6-8-22(29)35)25-19(32-23(36)9-13(2)3)7-5-15-24(25)20(33-27)11-18(31)26(15)30/h10-11,13,19,38H,4-9,12H2,1-3H3,(H,32,36)/t19-,29-/m0/s1. The predicted octanol–water partition coefficient (Wildman–Crippen LogP) is 4.48. The number of nitrogens with one attached hydrogen (secondary N) is 1. The number of halogens is 2. The molecule has 38 heavy (non-hydrogen) atoms. The minimum absolute atomic E-state index is 0.0575. The van der Waals surface area contributed by atoms with Gasteiger partial charge in [0, 0.05) is 41.0 Å². The van der Waals surface area contributed by atoms with Crippen LogP contribution in [0.4, 0.5) is 4.39 Å². The van der Waals surface area contributed by atoms with Gasteiger partial charge in [0.05, 0.1) is 34.5 Å². The lowest BCUT2D eigenvalue weighted by Crippen LogP contribution is -2.43. The summed E-state index contributed by atoms with van der Waals surface area (Å²) in [7, 11) is 0. The Balaban J connectivity index is 1.61. The van der Waals surface area contributed by atoms with E-state index in [-0.39, 0.29) is 60.0 Å². The molecule has 0 fully saturated rings. The molecule has 2 aromatic heterocycles. The number of aromatic nitrogens is 2. The zero-order valence-corrected chi connectivity index (χ0v) is 22.3. The molecule has 3 heterocycles. The second kappa shape index (κ2) is 8.71. The predicted molar refractivity (Wildman–Crippen MR) is 142 cm³/mol. The van der Waals surface area contributed by atoms with Gasteiger partial charge in [-0.1, -0.05) is 32.4 Å². The Labute approximate surface area is 224 Å². The summed E-state index contributed by atoms with van der Waals surface area (Å²) in [4.78, 5) is 44.1. The van der Waals surface area contributed by atoms with E-state index < -0.39 is 11.4 Å². The lowest BCUT2D eigenvalue weighted by molar-refractivity contribution is -0.140. The Kier molecular flexibility index (Phi) is 5.78. The van der Waals surface area contributed by atoms with Gasteiger partial charge in [-0.15, -0.1) is 0 Å². The van der Waals surface area contributed by atoms with Crippen LogP contribution in [-0.2, 0) is 34.6 Å². The summed E-state index contributed by atoms with van der Waals surface area (Å²) in [6.45, 7) is 5.92. The zero-order chi connectivity index (χ0) is 27.1. The molecule has 0 bridgehead atoms. The van der Waals surface area contributed by atoms with Gasteiger partial charge in [-0.3, -0.25) is 14.4 Å². The van der Waals surface area contributed by atoms with E-state index in [9.17, 15) is 23.9 Å². The van der Waals surface area contributed by atoms with Crippen LogP contribution in [0.15, 0.2) is 16.9 Å². The molecule has 0 spiro atoms. The smallest absolute Gasteiger partial charge is 0.254 e. The number of hydrogen-bond donors (Lipinski definition) is 2. The maximum Gasteiger partial charge on any atom is 0.254 e. The number of aryl methyl sites for hydroxylation is 1. The first-order valence-electron chi connectivity index (χ1n) is 13.2. The third-order valence-electron chi connectivity index (χ3n) is 8.35. The second-order valence-corrected chi connectivity index (χ2v) is 11.5. The quantitative estimate of drug-likeness (QED) is 0.400. The van der Waals surface area contributed by atoms with Crippen LogP contribution >= 0.6 is 11.6 Å². The monoisotopic (exact) mass is 537 g/mol. The van der Waals surface area contributed by atoms with Crippen LogP contribution in [0.2, 0.25) is 5.02 Å². The third-order valence-corrected chi connectivity index (χ3v) is 8.76. The zero-order valence-electron chi connectivity index (χ0n) is 21.6. The summed E-state index contributed by atoms with van der Waals surface area (Å²) in [5, 5.41) is 15.2. The van der Waals surface area contributed by atoms with E-state index in [1.54, 1.807) is 17.6 Å². The number of carbonyl (C=O) groups is 2. The summed E-state index contributed by atoms with van der Waals surface area (Å²) >= 11 is 6.41. The number of ketones is 1. The molecule has 1 aromatic carbocycles. The van der Waals surface area contributed by atoms with Crippen LogP contribution in [0.25, 0.3) is 22.3 Å². The fourth-order valence-electron chi connectivity index (χ4n) is 6.51. The van der Waals surface area contributed by atoms with E-state index in [4.69, 9.17) is 16.6 Å². The molecule has 0 unspecified atom stereocenters. The molecule has 1 aliphatic heterocycles. The van der Waals surface area contributed by atoms with E-state index in [2.05, 4.69) is 5.32 Å². The van der Waals surface area contributed by atoms with Crippen molar-refractivity contribution in [3.63, 3.8) is 0 Å². The molecule has 0 saturated heterocycles. The van der Waals surface area contributed by atoms with Gasteiger partial charge < -0.3 is 15.0 Å². The topological polar surface area (TPSA) is 101 Å². The Bertz CT molecular complexity index is 1630. The molecule has 2 atom stereocenters. The van der Waals surface area contributed by atoms with Gasteiger partial charge in [0.15, 0.2) is 5.78 Å². The van der Waals surface area contributed by atoms with Gasteiger partial charge in [0.1, 0.15) is 11.4 Å². The average molecular weight is 538 g/mol. The highest BCUT2D eigenvalue weighted by Crippen LogP contribution is 2.46. The molecule has 9 heteroatoms. The van der Waals surface area contributed by atoms with Crippen molar-refractivity contribution in [1.82, 2.24) is 14.9 Å². The minimum atomic E-state index is -1.73. The lowest BCUT2D eigenvalue weighted by atomic mass is 9.77. The number of Topliss-reactive ketones (excluding diaryl/α,β-unsaturated/α-hetero) is 1. The van der Waals surface area contributed by atoms with Crippen molar-refractivity contribution in [2.24, 2.45) is 5.92 Å². The van der Waals surface area contributed by atoms with Crippen molar-refractivity contribution < 1.29 is 19.1 Å². The number of carbonyl (C=O) groups excluding carboxylic acids is 2. The summed E-state index contributed by atoms with van der Waals surface area (Å²) < 4.78 is 16.5. The number of aliphatic hydroxyl groups is 1. The van der Waals surface area contributed by atoms with Crippen molar-refractivity contribution >= 4 is 34.2 Å². The lowest BCUT2D eigenvalue weighted by Gasteiger charge is -2.32. The molecule has 1 amide bonds. The first kappa shape index (κ1) is 25.2. The van der Waals surface area contributed by atoms with Crippen molar-refractivity contribution in [1.29, 1.82) is 0 Å². The molecule has 2 aliphatic carbocycles. The SMILES string of the molecule is CC[C@@]1(O)C(=O)CCc2c1cc1n(c2=O)Cc2c-1nc1cc(F)c(Cl)c3c1c2[C@@H](NC(=O)CC(C)C)CC3. The van der Waals surface area contributed by atoms with E-state index in [1.807, 2.05) is 13.8 Å². The van der Waals surface area contributed by atoms with Gasteiger partial charge in [0.2, 0.25) is 5.91 Å². The van der Waals surface area contributed by atoms with Crippen LogP contribution in [0, 0.1) is 11.7 Å². The maximum atomic E-state index is 14.9. The van der Waals surface area contributed by atoms with E-state index in [0.29, 0.717) is 52.9 Å². The van der Waals surface area contributed by atoms with Crippen molar-refractivity contribution in [2.75, 3.05) is 0 Å². The molecule has 3 aromatic rings. The van der Waals surface area contributed by atoms with Crippen LogP contribution in [0.5, 0.6) is 0 Å². The number of nitrogens with zero attached hydrogens (tertiary/aromatic N) is 2. The highest BCUT2D eigenvalue weighted by Gasteiger charge is 2.44. The molecule has 3 aliphatic rings. The van der Waals surface area contributed by atoms with Crippen molar-refractivity contribution in [3.05, 3.63) is 61.1 Å². The number of hydrogen-bond acceptors (Lipinski definition) is 5. The third kappa shape index (κ3) is 3.49.